The lowest BCUT2D eigenvalue weighted by Gasteiger charge is -2.19. The molecular formula is C31H26N2O8. The lowest BCUT2D eigenvalue weighted by molar-refractivity contribution is -0.385. The molecule has 0 saturated heterocycles. The molecule has 0 bridgehead atoms. The molecule has 10 nitrogen and oxygen atoms in total. The molecule has 4 aromatic rings. The van der Waals surface area contributed by atoms with Gasteiger partial charge in [0, 0.05) is 18.2 Å². The smallest absolute Gasteiger partial charge is 0.313 e. The van der Waals surface area contributed by atoms with Gasteiger partial charge in [0.1, 0.15) is 11.1 Å². The number of nitro groups is 1. The van der Waals surface area contributed by atoms with Crippen molar-refractivity contribution in [3.05, 3.63) is 103 Å². The minimum Gasteiger partial charge on any atom is -0.452 e. The van der Waals surface area contributed by atoms with Crippen LogP contribution in [0.25, 0.3) is 22.3 Å². The second-order valence-electron chi connectivity index (χ2n) is 10.9. The quantitative estimate of drug-likeness (QED) is 0.131. The molecule has 0 fully saturated rings. The van der Waals surface area contributed by atoms with Crippen LogP contribution in [0.2, 0.25) is 0 Å². The first-order chi connectivity index (χ1) is 19.4. The van der Waals surface area contributed by atoms with Crippen molar-refractivity contribution < 1.29 is 28.5 Å². The zero-order valence-corrected chi connectivity index (χ0v) is 22.8. The van der Waals surface area contributed by atoms with Gasteiger partial charge in [0.2, 0.25) is 11.2 Å². The molecule has 1 aliphatic rings. The number of imide groups is 1. The van der Waals surface area contributed by atoms with Crippen molar-refractivity contribution in [2.45, 2.75) is 39.5 Å². The second-order valence-corrected chi connectivity index (χ2v) is 10.9. The summed E-state index contributed by atoms with van der Waals surface area (Å²) in [5.74, 6) is -2.75. The molecule has 0 aliphatic carbocycles. The number of carbonyl (C=O) groups excluding carboxylic acids is 3. The van der Waals surface area contributed by atoms with E-state index in [0.717, 1.165) is 22.1 Å². The summed E-state index contributed by atoms with van der Waals surface area (Å²) in [5, 5.41) is 11.6. The van der Waals surface area contributed by atoms with Gasteiger partial charge in [0.05, 0.1) is 22.3 Å². The van der Waals surface area contributed by atoms with E-state index in [2.05, 4.69) is 20.8 Å². The molecule has 2 heterocycles. The van der Waals surface area contributed by atoms with E-state index in [1.165, 1.54) is 12.1 Å². The number of aryl methyl sites for hydroxylation is 1. The molecule has 41 heavy (non-hydrogen) atoms. The topological polar surface area (TPSA) is 137 Å². The number of amides is 2. The minimum absolute atomic E-state index is 0.0662. The first kappa shape index (κ1) is 27.4. The maximum Gasteiger partial charge on any atom is 0.313 e. The monoisotopic (exact) mass is 554 g/mol. The number of nitro benzene ring substituents is 1. The molecule has 208 valence electrons. The van der Waals surface area contributed by atoms with Crippen LogP contribution in [0.15, 0.2) is 69.9 Å². The zero-order chi connectivity index (χ0) is 29.6. The molecule has 0 spiro atoms. The fourth-order valence-electron chi connectivity index (χ4n) is 4.74. The average molecular weight is 555 g/mol. The van der Waals surface area contributed by atoms with E-state index in [4.69, 9.17) is 9.15 Å². The maximum absolute atomic E-state index is 13.5. The summed E-state index contributed by atoms with van der Waals surface area (Å²) >= 11 is 0. The number of fused-ring (bicyclic) bond motifs is 2. The summed E-state index contributed by atoms with van der Waals surface area (Å²) in [6, 6.07) is 16.3. The number of benzene rings is 3. The largest absolute Gasteiger partial charge is 0.452 e. The lowest BCUT2D eigenvalue weighted by Crippen LogP contribution is -2.33. The molecule has 1 aromatic heterocycles. The SMILES string of the molecule is Cc1ccc2oc(-c3ccc(C(C)(C)C)cc3)c(OC(=O)CCN3C(=O)c4cccc([N+](=O)[O-])c4C3=O)c(=O)c2c1. The Morgan fingerprint density at radius 1 is 1.00 bits per heavy atom. The van der Waals surface area contributed by atoms with Crippen LogP contribution in [0.4, 0.5) is 5.69 Å². The van der Waals surface area contributed by atoms with Crippen LogP contribution in [-0.4, -0.2) is 34.2 Å². The van der Waals surface area contributed by atoms with Gasteiger partial charge in [-0.25, -0.2) is 0 Å². The summed E-state index contributed by atoms with van der Waals surface area (Å²) < 4.78 is 11.6. The predicted octanol–water partition coefficient (Wildman–Crippen LogP) is 5.57. The molecule has 10 heteroatoms. The highest BCUT2D eigenvalue weighted by atomic mass is 16.6. The van der Waals surface area contributed by atoms with E-state index < -0.39 is 46.8 Å². The average Bonchev–Trinajstić information content (AvgIpc) is 3.17. The van der Waals surface area contributed by atoms with Crippen molar-refractivity contribution in [3.63, 3.8) is 0 Å². The highest BCUT2D eigenvalue weighted by Gasteiger charge is 2.41. The van der Waals surface area contributed by atoms with Crippen LogP contribution < -0.4 is 10.2 Å². The van der Waals surface area contributed by atoms with Gasteiger partial charge in [-0.05, 0) is 36.1 Å². The predicted molar refractivity (Wildman–Crippen MR) is 150 cm³/mol. The van der Waals surface area contributed by atoms with Crippen LogP contribution in [0.5, 0.6) is 5.75 Å². The Kier molecular flexibility index (Phi) is 6.78. The Balaban J connectivity index is 1.45. The molecule has 0 N–H and O–H groups in total. The van der Waals surface area contributed by atoms with Crippen molar-refractivity contribution in [2.75, 3.05) is 6.54 Å². The zero-order valence-electron chi connectivity index (χ0n) is 22.8. The van der Waals surface area contributed by atoms with Gasteiger partial charge in [-0.15, -0.1) is 0 Å². The van der Waals surface area contributed by atoms with Crippen LogP contribution in [0.1, 0.15) is 59.0 Å². The lowest BCUT2D eigenvalue weighted by atomic mass is 9.86. The van der Waals surface area contributed by atoms with E-state index in [-0.39, 0.29) is 33.4 Å². The summed E-state index contributed by atoms with van der Waals surface area (Å²) in [4.78, 5) is 63.6. The molecule has 0 atom stereocenters. The number of rotatable bonds is 6. The molecule has 3 aromatic carbocycles. The number of hydrogen-bond donors (Lipinski definition) is 0. The Hall–Kier alpha value is -5.12. The van der Waals surface area contributed by atoms with Gasteiger partial charge >= 0.3 is 5.97 Å². The van der Waals surface area contributed by atoms with Gasteiger partial charge in [-0.3, -0.25) is 34.2 Å². The van der Waals surface area contributed by atoms with Crippen molar-refractivity contribution in [1.29, 1.82) is 0 Å². The molecule has 0 saturated carbocycles. The number of hydrogen-bond acceptors (Lipinski definition) is 8. The van der Waals surface area contributed by atoms with E-state index in [1.807, 2.05) is 19.1 Å². The Morgan fingerprint density at radius 3 is 2.37 bits per heavy atom. The number of nitrogens with zero attached hydrogens (tertiary/aromatic N) is 2. The summed E-state index contributed by atoms with van der Waals surface area (Å²) in [6.07, 6.45) is -0.451. The van der Waals surface area contributed by atoms with Crippen LogP contribution >= 0.6 is 0 Å². The molecule has 2 amide bonds. The third kappa shape index (κ3) is 5.00. The van der Waals surface area contributed by atoms with Gasteiger partial charge in [0.15, 0.2) is 5.76 Å². The molecule has 5 rings (SSSR count). The third-order valence-electron chi connectivity index (χ3n) is 6.95. The highest BCUT2D eigenvalue weighted by molar-refractivity contribution is 6.23. The standard InChI is InChI=1S/C31H26N2O8/c1-17-8-13-23-21(16-17)26(35)28(27(40-23)18-9-11-19(12-10-18)31(2,3)4)41-24(34)14-15-32-29(36)20-6-5-7-22(33(38)39)25(20)30(32)37/h5-13,16H,14-15H2,1-4H3. The summed E-state index contributed by atoms with van der Waals surface area (Å²) in [7, 11) is 0. The fourth-order valence-corrected chi connectivity index (χ4v) is 4.74. The summed E-state index contributed by atoms with van der Waals surface area (Å²) in [6.45, 7) is 7.63. The minimum atomic E-state index is -0.886. The van der Waals surface area contributed by atoms with Gasteiger partial charge in [-0.2, -0.15) is 0 Å². The first-order valence-electron chi connectivity index (χ1n) is 12.9. The first-order valence-corrected chi connectivity index (χ1v) is 12.9. The number of carbonyl (C=O) groups is 3. The molecule has 0 unspecified atom stereocenters. The van der Waals surface area contributed by atoms with Crippen molar-refractivity contribution >= 4 is 34.4 Å². The van der Waals surface area contributed by atoms with Gasteiger partial charge in [-0.1, -0.05) is 62.7 Å². The molecule has 0 radical (unpaired) electrons. The van der Waals surface area contributed by atoms with Crippen molar-refractivity contribution in [1.82, 2.24) is 4.90 Å². The van der Waals surface area contributed by atoms with E-state index in [9.17, 15) is 29.3 Å². The van der Waals surface area contributed by atoms with E-state index in [1.54, 1.807) is 30.3 Å². The van der Waals surface area contributed by atoms with Gasteiger partial charge < -0.3 is 9.15 Å². The van der Waals surface area contributed by atoms with Crippen LogP contribution in [0.3, 0.4) is 0 Å². The van der Waals surface area contributed by atoms with E-state index >= 15 is 0 Å². The number of esters is 1. The van der Waals surface area contributed by atoms with Gasteiger partial charge in [0.25, 0.3) is 17.5 Å². The van der Waals surface area contributed by atoms with E-state index in [0.29, 0.717) is 11.1 Å². The Labute approximate surface area is 234 Å². The normalized spacial score (nSPS) is 13.0. The Bertz CT molecular complexity index is 1810. The highest BCUT2D eigenvalue weighted by Crippen LogP contribution is 2.34. The third-order valence-corrected chi connectivity index (χ3v) is 6.95. The molecule has 1 aliphatic heterocycles. The molecular weight excluding hydrogens is 528 g/mol. The second kappa shape index (κ2) is 10.1. The fraction of sp³-hybridized carbons (Fsp3) is 0.226. The van der Waals surface area contributed by atoms with Crippen LogP contribution in [-0.2, 0) is 10.2 Å². The Morgan fingerprint density at radius 2 is 1.71 bits per heavy atom. The van der Waals surface area contributed by atoms with Crippen molar-refractivity contribution in [2.24, 2.45) is 0 Å². The number of ether oxygens (including phenoxy) is 1. The van der Waals surface area contributed by atoms with Crippen molar-refractivity contribution in [3.8, 4) is 17.1 Å². The van der Waals surface area contributed by atoms with Crippen LogP contribution in [0, 0.1) is 17.0 Å². The summed E-state index contributed by atoms with van der Waals surface area (Å²) in [5.41, 5.74) is 1.14. The maximum atomic E-state index is 13.5.